The lowest BCUT2D eigenvalue weighted by molar-refractivity contribution is -0.384. The van der Waals surface area contributed by atoms with Gasteiger partial charge in [0.25, 0.3) is 5.69 Å². The predicted octanol–water partition coefficient (Wildman–Crippen LogP) is 2.01. The van der Waals surface area contributed by atoms with Crippen molar-refractivity contribution in [1.82, 2.24) is 0 Å². The summed E-state index contributed by atoms with van der Waals surface area (Å²) in [5, 5.41) is 10.8. The van der Waals surface area contributed by atoms with Gasteiger partial charge < -0.3 is 10.6 Å². The standard InChI is InChI=1S/C10H12F3N3O2/c1-15(5-4-14)8-3-2-7(10(11,12)13)6-9(8)16(17)18/h2-3,6H,4-5,14H2,1H3. The topological polar surface area (TPSA) is 72.4 Å². The molecular weight excluding hydrogens is 251 g/mol. The number of anilines is 1. The molecule has 0 atom stereocenters. The maximum Gasteiger partial charge on any atom is 0.416 e. The normalized spacial score (nSPS) is 11.4. The summed E-state index contributed by atoms with van der Waals surface area (Å²) in [7, 11) is 1.53. The molecule has 5 nitrogen and oxygen atoms in total. The molecule has 0 spiro atoms. The summed E-state index contributed by atoms with van der Waals surface area (Å²) >= 11 is 0. The second-order valence-corrected chi connectivity index (χ2v) is 3.67. The Morgan fingerprint density at radius 3 is 2.50 bits per heavy atom. The van der Waals surface area contributed by atoms with Crippen molar-refractivity contribution in [2.45, 2.75) is 6.18 Å². The minimum atomic E-state index is -4.60. The van der Waals surface area contributed by atoms with E-state index in [1.165, 1.54) is 11.9 Å². The van der Waals surface area contributed by atoms with Crippen molar-refractivity contribution in [3.05, 3.63) is 33.9 Å². The largest absolute Gasteiger partial charge is 0.416 e. The summed E-state index contributed by atoms with van der Waals surface area (Å²) in [6.45, 7) is 0.556. The lowest BCUT2D eigenvalue weighted by Gasteiger charge is -2.18. The Labute approximate surface area is 101 Å². The highest BCUT2D eigenvalue weighted by atomic mass is 19.4. The van der Waals surface area contributed by atoms with E-state index in [4.69, 9.17) is 5.73 Å². The first-order valence-corrected chi connectivity index (χ1v) is 5.04. The van der Waals surface area contributed by atoms with Gasteiger partial charge in [0, 0.05) is 26.2 Å². The van der Waals surface area contributed by atoms with Gasteiger partial charge in [-0.3, -0.25) is 10.1 Å². The average molecular weight is 263 g/mol. The second kappa shape index (κ2) is 5.21. The summed E-state index contributed by atoms with van der Waals surface area (Å²) in [4.78, 5) is 11.4. The molecule has 0 aliphatic rings. The first-order valence-electron chi connectivity index (χ1n) is 5.04. The first kappa shape index (κ1) is 14.2. The third-order valence-corrected chi connectivity index (χ3v) is 2.38. The first-order chi connectivity index (χ1) is 8.27. The molecule has 2 N–H and O–H groups in total. The molecule has 0 heterocycles. The SMILES string of the molecule is CN(CCN)c1ccc(C(F)(F)F)cc1[N+](=O)[O-]. The van der Waals surface area contributed by atoms with E-state index in [0.29, 0.717) is 12.6 Å². The molecule has 0 aliphatic carbocycles. The van der Waals surface area contributed by atoms with E-state index in [-0.39, 0.29) is 12.2 Å². The zero-order valence-corrected chi connectivity index (χ0v) is 9.57. The molecule has 0 aromatic heterocycles. The molecule has 0 fully saturated rings. The molecule has 0 saturated heterocycles. The highest BCUT2D eigenvalue weighted by Crippen LogP contribution is 2.35. The third-order valence-electron chi connectivity index (χ3n) is 2.38. The molecule has 1 rings (SSSR count). The quantitative estimate of drug-likeness (QED) is 0.666. The molecule has 1 aromatic rings. The van der Waals surface area contributed by atoms with Crippen LogP contribution in [-0.2, 0) is 6.18 Å². The van der Waals surface area contributed by atoms with Crippen LogP contribution in [0, 0.1) is 10.1 Å². The summed E-state index contributed by atoms with van der Waals surface area (Å²) in [6.07, 6.45) is -4.60. The number of nitro benzene ring substituents is 1. The molecule has 0 unspecified atom stereocenters. The van der Waals surface area contributed by atoms with Gasteiger partial charge in [-0.25, -0.2) is 0 Å². The maximum atomic E-state index is 12.5. The fourth-order valence-corrected chi connectivity index (χ4v) is 1.48. The molecule has 0 radical (unpaired) electrons. The molecule has 18 heavy (non-hydrogen) atoms. The van der Waals surface area contributed by atoms with Crippen molar-refractivity contribution in [3.8, 4) is 0 Å². The van der Waals surface area contributed by atoms with Crippen LogP contribution in [0.25, 0.3) is 0 Å². The van der Waals surface area contributed by atoms with E-state index in [1.54, 1.807) is 0 Å². The van der Waals surface area contributed by atoms with Crippen molar-refractivity contribution < 1.29 is 18.1 Å². The van der Waals surface area contributed by atoms with Gasteiger partial charge in [-0.15, -0.1) is 0 Å². The van der Waals surface area contributed by atoms with Gasteiger partial charge in [-0.1, -0.05) is 0 Å². The lowest BCUT2D eigenvalue weighted by Crippen LogP contribution is -2.25. The molecule has 0 aliphatic heterocycles. The van der Waals surface area contributed by atoms with Crippen LogP contribution in [0.1, 0.15) is 5.56 Å². The third kappa shape index (κ3) is 3.10. The average Bonchev–Trinajstić information content (AvgIpc) is 2.27. The van der Waals surface area contributed by atoms with E-state index in [9.17, 15) is 23.3 Å². The number of nitrogens with zero attached hydrogens (tertiary/aromatic N) is 2. The Morgan fingerprint density at radius 2 is 2.06 bits per heavy atom. The Morgan fingerprint density at radius 1 is 1.44 bits per heavy atom. The summed E-state index contributed by atoms with van der Waals surface area (Å²) in [5.41, 5.74) is 3.79. The van der Waals surface area contributed by atoms with Crippen molar-refractivity contribution in [3.63, 3.8) is 0 Å². The van der Waals surface area contributed by atoms with Crippen LogP contribution >= 0.6 is 0 Å². The van der Waals surface area contributed by atoms with Crippen LogP contribution < -0.4 is 10.6 Å². The van der Waals surface area contributed by atoms with Gasteiger partial charge in [-0.05, 0) is 12.1 Å². The van der Waals surface area contributed by atoms with Gasteiger partial charge >= 0.3 is 6.18 Å². The molecule has 100 valence electrons. The molecule has 0 saturated carbocycles. The number of hydrogen-bond acceptors (Lipinski definition) is 4. The van der Waals surface area contributed by atoms with E-state index in [2.05, 4.69) is 0 Å². The minimum absolute atomic E-state index is 0.110. The van der Waals surface area contributed by atoms with Gasteiger partial charge in [0.1, 0.15) is 5.69 Å². The van der Waals surface area contributed by atoms with Gasteiger partial charge in [0.05, 0.1) is 10.5 Å². The number of hydrogen-bond donors (Lipinski definition) is 1. The van der Waals surface area contributed by atoms with Crippen LogP contribution in [0.3, 0.4) is 0 Å². The zero-order valence-electron chi connectivity index (χ0n) is 9.57. The monoisotopic (exact) mass is 263 g/mol. The molecule has 0 bridgehead atoms. The molecular formula is C10H12F3N3O2. The van der Waals surface area contributed by atoms with E-state index in [0.717, 1.165) is 12.1 Å². The zero-order chi connectivity index (χ0) is 13.9. The number of nitro groups is 1. The van der Waals surface area contributed by atoms with Crippen LogP contribution in [0.4, 0.5) is 24.5 Å². The van der Waals surface area contributed by atoms with Gasteiger partial charge in [-0.2, -0.15) is 13.2 Å². The van der Waals surface area contributed by atoms with Crippen molar-refractivity contribution >= 4 is 11.4 Å². The highest BCUT2D eigenvalue weighted by Gasteiger charge is 2.33. The number of likely N-dealkylation sites (N-methyl/N-ethyl adjacent to an activating group) is 1. The Bertz CT molecular complexity index is 448. The molecule has 8 heteroatoms. The van der Waals surface area contributed by atoms with Crippen molar-refractivity contribution in [2.75, 3.05) is 25.0 Å². The van der Waals surface area contributed by atoms with Crippen LogP contribution in [-0.4, -0.2) is 25.1 Å². The number of halogens is 3. The van der Waals surface area contributed by atoms with Crippen molar-refractivity contribution in [1.29, 1.82) is 0 Å². The summed E-state index contributed by atoms with van der Waals surface area (Å²) in [6, 6.07) is 2.42. The Balaban J connectivity index is 3.25. The summed E-state index contributed by atoms with van der Waals surface area (Å²) < 4.78 is 37.4. The van der Waals surface area contributed by atoms with Crippen LogP contribution in [0.5, 0.6) is 0 Å². The number of rotatable bonds is 4. The molecule has 0 amide bonds. The van der Waals surface area contributed by atoms with Gasteiger partial charge in [0.15, 0.2) is 0 Å². The Kier molecular flexibility index (Phi) is 4.12. The van der Waals surface area contributed by atoms with Crippen LogP contribution in [0.15, 0.2) is 18.2 Å². The smallest absolute Gasteiger partial charge is 0.368 e. The number of alkyl halides is 3. The second-order valence-electron chi connectivity index (χ2n) is 3.67. The predicted molar refractivity (Wildman–Crippen MR) is 60.4 cm³/mol. The number of nitrogens with two attached hydrogens (primary N) is 1. The fourth-order valence-electron chi connectivity index (χ4n) is 1.48. The number of benzene rings is 1. The van der Waals surface area contributed by atoms with Gasteiger partial charge in [0.2, 0.25) is 0 Å². The van der Waals surface area contributed by atoms with E-state index in [1.807, 2.05) is 0 Å². The fraction of sp³-hybridized carbons (Fsp3) is 0.400. The van der Waals surface area contributed by atoms with Crippen LogP contribution in [0.2, 0.25) is 0 Å². The summed E-state index contributed by atoms with van der Waals surface area (Å²) in [5.74, 6) is 0. The molecule has 1 aromatic carbocycles. The lowest BCUT2D eigenvalue weighted by atomic mass is 10.1. The van der Waals surface area contributed by atoms with E-state index < -0.39 is 22.4 Å². The van der Waals surface area contributed by atoms with Crippen molar-refractivity contribution in [2.24, 2.45) is 5.73 Å². The maximum absolute atomic E-state index is 12.5. The Hall–Kier alpha value is -1.83. The van der Waals surface area contributed by atoms with E-state index >= 15 is 0 Å². The highest BCUT2D eigenvalue weighted by molar-refractivity contribution is 5.64. The minimum Gasteiger partial charge on any atom is -0.368 e.